The highest BCUT2D eigenvalue weighted by Gasteiger charge is 2.17. The van der Waals surface area contributed by atoms with E-state index in [0.29, 0.717) is 5.75 Å². The third-order valence-corrected chi connectivity index (χ3v) is 3.67. The highest BCUT2D eigenvalue weighted by Crippen LogP contribution is 2.41. The minimum atomic E-state index is -0.566. The molecule has 104 valence electrons. The molecular weight excluding hydrogens is 369 g/mol. The van der Waals surface area contributed by atoms with Crippen LogP contribution in [0.1, 0.15) is 5.56 Å². The van der Waals surface area contributed by atoms with Crippen LogP contribution in [0.2, 0.25) is 10.0 Å². The van der Waals surface area contributed by atoms with Gasteiger partial charge in [-0.3, -0.25) is 10.1 Å². The van der Waals surface area contributed by atoms with Crippen molar-refractivity contribution in [2.75, 3.05) is 0 Å². The van der Waals surface area contributed by atoms with Gasteiger partial charge in [-0.2, -0.15) is 0 Å². The average Bonchev–Trinajstić information content (AvgIpc) is 2.35. The Labute approximate surface area is 133 Å². The van der Waals surface area contributed by atoms with Gasteiger partial charge >= 0.3 is 0 Å². The van der Waals surface area contributed by atoms with Crippen molar-refractivity contribution in [2.24, 2.45) is 0 Å². The number of ether oxygens (including phenoxy) is 1. The quantitative estimate of drug-likeness (QED) is 0.505. The second kappa shape index (κ2) is 5.99. The van der Waals surface area contributed by atoms with E-state index in [1.54, 1.807) is 6.07 Å². The second-order valence-corrected chi connectivity index (χ2v) is 5.70. The lowest BCUT2D eigenvalue weighted by Crippen LogP contribution is -1.92. The van der Waals surface area contributed by atoms with E-state index in [0.717, 1.165) is 10.0 Å². The predicted octanol–water partition coefficient (Wildman–Crippen LogP) is 5.76. The summed E-state index contributed by atoms with van der Waals surface area (Å²) in [5, 5.41) is 10.9. The normalized spacial score (nSPS) is 10.4. The summed E-state index contributed by atoms with van der Waals surface area (Å²) in [5.74, 6) is 0.705. The van der Waals surface area contributed by atoms with E-state index in [1.165, 1.54) is 12.1 Å². The van der Waals surface area contributed by atoms with Crippen molar-refractivity contribution in [3.8, 4) is 11.5 Å². The summed E-state index contributed by atoms with van der Waals surface area (Å²) in [5.41, 5.74) is 0.875. The topological polar surface area (TPSA) is 52.4 Å². The minimum Gasteiger partial charge on any atom is -0.453 e. The van der Waals surface area contributed by atoms with Crippen molar-refractivity contribution in [1.29, 1.82) is 0 Å². The van der Waals surface area contributed by atoms with Gasteiger partial charge in [0.05, 0.1) is 19.4 Å². The van der Waals surface area contributed by atoms with E-state index in [9.17, 15) is 10.1 Å². The van der Waals surface area contributed by atoms with Crippen LogP contribution in [0.5, 0.6) is 11.5 Å². The second-order valence-electron chi connectivity index (χ2n) is 4.03. The van der Waals surface area contributed by atoms with Gasteiger partial charge in [0, 0.05) is 12.1 Å². The van der Waals surface area contributed by atoms with Gasteiger partial charge in [-0.15, -0.1) is 0 Å². The molecule has 0 amide bonds. The zero-order valence-corrected chi connectivity index (χ0v) is 13.3. The minimum absolute atomic E-state index is 0.0803. The summed E-state index contributed by atoms with van der Waals surface area (Å²) in [6, 6.07) is 7.90. The van der Waals surface area contributed by atoms with Crippen LogP contribution >= 0.6 is 39.1 Å². The number of hydrogen-bond donors (Lipinski definition) is 0. The first-order valence-electron chi connectivity index (χ1n) is 5.46. The van der Waals surface area contributed by atoms with Crippen molar-refractivity contribution in [2.45, 2.75) is 6.92 Å². The lowest BCUT2D eigenvalue weighted by molar-refractivity contribution is -0.384. The molecule has 7 heteroatoms. The molecule has 2 aromatic rings. The van der Waals surface area contributed by atoms with E-state index < -0.39 is 4.92 Å². The van der Waals surface area contributed by atoms with Crippen molar-refractivity contribution in [3.05, 3.63) is 60.5 Å². The fraction of sp³-hybridized carbons (Fsp3) is 0.0769. The molecule has 0 aliphatic rings. The van der Waals surface area contributed by atoms with Crippen LogP contribution in [0.15, 0.2) is 34.8 Å². The van der Waals surface area contributed by atoms with Crippen molar-refractivity contribution in [1.82, 2.24) is 0 Å². The molecule has 0 aliphatic heterocycles. The summed E-state index contributed by atoms with van der Waals surface area (Å²) in [6.07, 6.45) is 0. The summed E-state index contributed by atoms with van der Waals surface area (Å²) in [6.45, 7) is 1.94. The Morgan fingerprint density at radius 3 is 2.30 bits per heavy atom. The van der Waals surface area contributed by atoms with Gasteiger partial charge in [-0.05, 0) is 40.5 Å². The fourth-order valence-corrected chi connectivity index (χ4v) is 2.67. The Kier molecular flexibility index (Phi) is 4.52. The molecule has 0 atom stereocenters. The molecule has 0 aromatic heterocycles. The Balaban J connectivity index is 2.41. The number of nitrogens with zero attached hydrogens (tertiary/aromatic N) is 1. The van der Waals surface area contributed by atoms with Gasteiger partial charge in [-0.25, -0.2) is 0 Å². The lowest BCUT2D eigenvalue weighted by Gasteiger charge is -2.11. The summed E-state index contributed by atoms with van der Waals surface area (Å²) >= 11 is 15.3. The van der Waals surface area contributed by atoms with Crippen LogP contribution in [0.4, 0.5) is 5.69 Å². The molecule has 0 bridgehead atoms. The molecule has 0 radical (unpaired) electrons. The standard InChI is InChI=1S/C13H8BrCl2NO3/c1-7-2-3-12(9(14)4-7)20-13-10(15)5-8(17(18)19)6-11(13)16/h2-6H,1H3. The maximum Gasteiger partial charge on any atom is 0.272 e. The van der Waals surface area contributed by atoms with Crippen LogP contribution in [0.3, 0.4) is 0 Å². The monoisotopic (exact) mass is 375 g/mol. The van der Waals surface area contributed by atoms with E-state index in [1.807, 2.05) is 19.1 Å². The van der Waals surface area contributed by atoms with Crippen molar-refractivity contribution in [3.63, 3.8) is 0 Å². The SMILES string of the molecule is Cc1ccc(Oc2c(Cl)cc([N+](=O)[O-])cc2Cl)c(Br)c1. The third kappa shape index (κ3) is 3.23. The smallest absolute Gasteiger partial charge is 0.272 e. The van der Waals surface area contributed by atoms with E-state index in [2.05, 4.69) is 15.9 Å². The molecule has 0 aliphatic carbocycles. The summed E-state index contributed by atoms with van der Waals surface area (Å²) in [7, 11) is 0. The van der Waals surface area contributed by atoms with E-state index in [4.69, 9.17) is 27.9 Å². The largest absolute Gasteiger partial charge is 0.453 e. The van der Waals surface area contributed by atoms with Crippen LogP contribution in [-0.4, -0.2) is 4.92 Å². The first kappa shape index (κ1) is 15.1. The zero-order valence-electron chi connectivity index (χ0n) is 10.2. The maximum atomic E-state index is 10.7. The zero-order chi connectivity index (χ0) is 14.9. The first-order chi connectivity index (χ1) is 9.38. The number of rotatable bonds is 3. The van der Waals surface area contributed by atoms with Gasteiger partial charge in [0.15, 0.2) is 5.75 Å². The van der Waals surface area contributed by atoms with Crippen molar-refractivity contribution < 1.29 is 9.66 Å². The molecule has 2 aromatic carbocycles. The van der Waals surface area contributed by atoms with Gasteiger partial charge in [0.1, 0.15) is 5.75 Å². The maximum absolute atomic E-state index is 10.7. The number of non-ortho nitro benzene ring substituents is 1. The number of aryl methyl sites for hydroxylation is 1. The molecule has 0 heterocycles. The Bertz CT molecular complexity index is 668. The number of benzene rings is 2. The van der Waals surface area contributed by atoms with Crippen LogP contribution in [0.25, 0.3) is 0 Å². The molecule has 20 heavy (non-hydrogen) atoms. The number of nitro benzene ring substituents is 1. The molecule has 0 saturated heterocycles. The molecule has 0 saturated carbocycles. The molecule has 4 nitrogen and oxygen atoms in total. The van der Waals surface area contributed by atoms with Crippen LogP contribution < -0.4 is 4.74 Å². The van der Waals surface area contributed by atoms with Crippen molar-refractivity contribution >= 4 is 44.8 Å². The highest BCUT2D eigenvalue weighted by atomic mass is 79.9. The van der Waals surface area contributed by atoms with Crippen LogP contribution in [0, 0.1) is 17.0 Å². The average molecular weight is 377 g/mol. The lowest BCUT2D eigenvalue weighted by atomic mass is 10.2. The highest BCUT2D eigenvalue weighted by molar-refractivity contribution is 9.10. The van der Waals surface area contributed by atoms with Gasteiger partial charge < -0.3 is 4.74 Å². The Morgan fingerprint density at radius 2 is 1.80 bits per heavy atom. The number of nitro groups is 1. The number of halogens is 3. The predicted molar refractivity (Wildman–Crippen MR) is 82.1 cm³/mol. The summed E-state index contributed by atoms with van der Waals surface area (Å²) in [4.78, 5) is 10.1. The van der Waals surface area contributed by atoms with Crippen LogP contribution in [-0.2, 0) is 0 Å². The molecule has 0 N–H and O–H groups in total. The third-order valence-electron chi connectivity index (χ3n) is 2.49. The molecule has 0 unspecified atom stereocenters. The first-order valence-corrected chi connectivity index (χ1v) is 7.01. The molecule has 2 rings (SSSR count). The molecule has 0 spiro atoms. The summed E-state index contributed by atoms with van der Waals surface area (Å²) < 4.78 is 6.37. The number of hydrogen-bond acceptors (Lipinski definition) is 3. The van der Waals surface area contributed by atoms with Gasteiger partial charge in [-0.1, -0.05) is 29.3 Å². The van der Waals surface area contributed by atoms with Gasteiger partial charge in [0.2, 0.25) is 0 Å². The molecular formula is C13H8BrCl2NO3. The molecule has 0 fully saturated rings. The Hall–Kier alpha value is -1.30. The van der Waals surface area contributed by atoms with E-state index >= 15 is 0 Å². The fourth-order valence-electron chi connectivity index (χ4n) is 1.55. The van der Waals surface area contributed by atoms with E-state index in [-0.39, 0.29) is 21.5 Å². The van der Waals surface area contributed by atoms with Gasteiger partial charge in [0.25, 0.3) is 5.69 Å². The Morgan fingerprint density at radius 1 is 1.20 bits per heavy atom.